The highest BCUT2D eigenvalue weighted by molar-refractivity contribution is 14.1. The maximum absolute atomic E-state index is 10.2. The van der Waals surface area contributed by atoms with Crippen molar-refractivity contribution in [3.63, 3.8) is 0 Å². The number of hydrogen-bond donors (Lipinski definition) is 2. The molecule has 1 aromatic carbocycles. The molecule has 0 radical (unpaired) electrons. The first-order valence-corrected chi connectivity index (χ1v) is 7.90. The fourth-order valence-electron chi connectivity index (χ4n) is 2.43. The molecule has 1 rings (SSSR count). The minimum atomic E-state index is 0.0716. The standard InChI is InChI=1S/C15H23IO2/c1-4-7-10-11(8-5-2)13(16)15(18)14(17)12(10)9-6-3/h17-18H,4-9H2,1-3H3. The van der Waals surface area contributed by atoms with Crippen LogP contribution in [-0.2, 0) is 19.3 Å². The molecule has 0 unspecified atom stereocenters. The summed E-state index contributed by atoms with van der Waals surface area (Å²) in [4.78, 5) is 0. The van der Waals surface area contributed by atoms with Crippen LogP contribution in [0.1, 0.15) is 56.7 Å². The van der Waals surface area contributed by atoms with Gasteiger partial charge in [0.25, 0.3) is 0 Å². The second-order valence-electron chi connectivity index (χ2n) is 4.70. The summed E-state index contributed by atoms with van der Waals surface area (Å²) in [6.45, 7) is 6.40. The van der Waals surface area contributed by atoms with Gasteiger partial charge in [0.1, 0.15) is 0 Å². The van der Waals surface area contributed by atoms with Gasteiger partial charge in [0, 0.05) is 5.56 Å². The van der Waals surface area contributed by atoms with Crippen molar-refractivity contribution in [3.8, 4) is 11.5 Å². The topological polar surface area (TPSA) is 40.5 Å². The van der Waals surface area contributed by atoms with Crippen molar-refractivity contribution >= 4 is 22.6 Å². The van der Waals surface area contributed by atoms with E-state index in [0.717, 1.165) is 47.7 Å². The largest absolute Gasteiger partial charge is 0.504 e. The van der Waals surface area contributed by atoms with E-state index in [1.165, 1.54) is 11.1 Å². The van der Waals surface area contributed by atoms with Gasteiger partial charge < -0.3 is 10.2 Å². The van der Waals surface area contributed by atoms with Crippen molar-refractivity contribution in [2.24, 2.45) is 0 Å². The Kier molecular flexibility index (Phi) is 6.26. The van der Waals surface area contributed by atoms with Gasteiger partial charge >= 0.3 is 0 Å². The SMILES string of the molecule is CCCc1c(O)c(O)c(I)c(CCC)c1CCC. The van der Waals surface area contributed by atoms with E-state index in [1.54, 1.807) is 0 Å². The molecule has 1 aromatic rings. The van der Waals surface area contributed by atoms with Crippen LogP contribution in [0.15, 0.2) is 0 Å². The lowest BCUT2D eigenvalue weighted by atomic mass is 9.91. The lowest BCUT2D eigenvalue weighted by molar-refractivity contribution is 0.394. The summed E-state index contributed by atoms with van der Waals surface area (Å²) in [5.41, 5.74) is 3.46. The molecule has 0 heterocycles. The Labute approximate surface area is 124 Å². The van der Waals surface area contributed by atoms with Gasteiger partial charge in [-0.1, -0.05) is 40.0 Å². The third-order valence-electron chi connectivity index (χ3n) is 3.21. The Balaban J connectivity index is 3.46. The summed E-state index contributed by atoms with van der Waals surface area (Å²) < 4.78 is 0.829. The fourth-order valence-corrected chi connectivity index (χ4v) is 3.28. The van der Waals surface area contributed by atoms with Gasteiger partial charge in [-0.2, -0.15) is 0 Å². The Bertz CT molecular complexity index is 380. The van der Waals surface area contributed by atoms with Gasteiger partial charge in [0.2, 0.25) is 0 Å². The summed E-state index contributed by atoms with van der Waals surface area (Å²) >= 11 is 2.15. The van der Waals surface area contributed by atoms with Crippen LogP contribution in [0.3, 0.4) is 0 Å². The maximum Gasteiger partial charge on any atom is 0.171 e. The summed E-state index contributed by atoms with van der Waals surface area (Å²) in [6.07, 6.45) is 5.89. The Morgan fingerprint density at radius 1 is 0.722 bits per heavy atom. The molecule has 0 amide bonds. The minimum Gasteiger partial charge on any atom is -0.504 e. The van der Waals surface area contributed by atoms with Gasteiger partial charge in [0.15, 0.2) is 11.5 Å². The van der Waals surface area contributed by atoms with E-state index in [-0.39, 0.29) is 11.5 Å². The summed E-state index contributed by atoms with van der Waals surface area (Å²) in [7, 11) is 0. The molecule has 0 aliphatic carbocycles. The zero-order valence-corrected chi connectivity index (χ0v) is 13.7. The van der Waals surface area contributed by atoms with Crippen molar-refractivity contribution in [1.82, 2.24) is 0 Å². The minimum absolute atomic E-state index is 0.0716. The number of phenolic OH excluding ortho intramolecular Hbond substituents is 2. The lowest BCUT2D eigenvalue weighted by Crippen LogP contribution is -2.04. The third kappa shape index (κ3) is 3.11. The number of benzene rings is 1. The Morgan fingerprint density at radius 3 is 1.67 bits per heavy atom. The van der Waals surface area contributed by atoms with Crippen molar-refractivity contribution in [2.45, 2.75) is 59.3 Å². The van der Waals surface area contributed by atoms with Crippen molar-refractivity contribution < 1.29 is 10.2 Å². The lowest BCUT2D eigenvalue weighted by Gasteiger charge is -2.19. The molecule has 102 valence electrons. The first-order chi connectivity index (χ1) is 8.58. The van der Waals surface area contributed by atoms with E-state index in [9.17, 15) is 10.2 Å². The average Bonchev–Trinajstić information content (AvgIpc) is 2.36. The van der Waals surface area contributed by atoms with E-state index in [2.05, 4.69) is 43.4 Å². The van der Waals surface area contributed by atoms with Gasteiger partial charge in [-0.3, -0.25) is 0 Å². The summed E-state index contributed by atoms with van der Waals surface area (Å²) in [6, 6.07) is 0. The molecule has 0 aliphatic rings. The second-order valence-corrected chi connectivity index (χ2v) is 5.78. The van der Waals surface area contributed by atoms with Crippen LogP contribution in [-0.4, -0.2) is 10.2 Å². The summed E-state index contributed by atoms with van der Waals surface area (Å²) in [5.74, 6) is 0.173. The highest BCUT2D eigenvalue weighted by Crippen LogP contribution is 2.41. The van der Waals surface area contributed by atoms with Crippen molar-refractivity contribution in [3.05, 3.63) is 20.3 Å². The van der Waals surface area contributed by atoms with Crippen LogP contribution in [0, 0.1) is 3.57 Å². The number of aromatic hydroxyl groups is 2. The first kappa shape index (κ1) is 15.6. The molecule has 18 heavy (non-hydrogen) atoms. The van der Waals surface area contributed by atoms with Crippen LogP contribution in [0.2, 0.25) is 0 Å². The van der Waals surface area contributed by atoms with Crippen LogP contribution in [0.25, 0.3) is 0 Å². The smallest absolute Gasteiger partial charge is 0.171 e. The number of rotatable bonds is 6. The molecule has 0 bridgehead atoms. The predicted molar refractivity (Wildman–Crippen MR) is 84.5 cm³/mol. The van der Waals surface area contributed by atoms with E-state index < -0.39 is 0 Å². The number of halogens is 1. The van der Waals surface area contributed by atoms with E-state index in [0.29, 0.717) is 0 Å². The molecule has 0 spiro atoms. The molecule has 0 fully saturated rings. The third-order valence-corrected chi connectivity index (χ3v) is 4.37. The van der Waals surface area contributed by atoms with Crippen molar-refractivity contribution in [2.75, 3.05) is 0 Å². The first-order valence-electron chi connectivity index (χ1n) is 6.82. The molecule has 2 N–H and O–H groups in total. The average molecular weight is 362 g/mol. The fraction of sp³-hybridized carbons (Fsp3) is 0.600. The normalized spacial score (nSPS) is 10.9. The molecule has 0 atom stereocenters. The molecule has 0 saturated carbocycles. The molecule has 3 heteroatoms. The Hall–Kier alpha value is -0.450. The highest BCUT2D eigenvalue weighted by Gasteiger charge is 2.20. The van der Waals surface area contributed by atoms with Crippen LogP contribution >= 0.6 is 22.6 Å². The zero-order valence-electron chi connectivity index (χ0n) is 11.5. The monoisotopic (exact) mass is 362 g/mol. The second kappa shape index (κ2) is 7.22. The molecular weight excluding hydrogens is 339 g/mol. The predicted octanol–water partition coefficient (Wildman–Crippen LogP) is 4.56. The maximum atomic E-state index is 10.2. The van der Waals surface area contributed by atoms with Gasteiger partial charge in [-0.15, -0.1) is 0 Å². The van der Waals surface area contributed by atoms with E-state index >= 15 is 0 Å². The molecule has 0 saturated heterocycles. The molecule has 0 aromatic heterocycles. The van der Waals surface area contributed by atoms with Crippen LogP contribution < -0.4 is 0 Å². The number of hydrogen-bond acceptors (Lipinski definition) is 2. The van der Waals surface area contributed by atoms with Crippen molar-refractivity contribution in [1.29, 1.82) is 0 Å². The summed E-state index contributed by atoms with van der Waals surface area (Å²) in [5, 5.41) is 20.2. The molecule has 0 aliphatic heterocycles. The van der Waals surface area contributed by atoms with E-state index in [4.69, 9.17) is 0 Å². The Morgan fingerprint density at radius 2 is 1.17 bits per heavy atom. The number of phenols is 2. The van der Waals surface area contributed by atoms with Gasteiger partial charge in [-0.25, -0.2) is 0 Å². The van der Waals surface area contributed by atoms with Gasteiger partial charge in [0.05, 0.1) is 3.57 Å². The molecular formula is C15H23IO2. The highest BCUT2D eigenvalue weighted by atomic mass is 127. The quantitative estimate of drug-likeness (QED) is 0.575. The molecule has 2 nitrogen and oxygen atoms in total. The zero-order chi connectivity index (χ0) is 13.7. The van der Waals surface area contributed by atoms with Crippen LogP contribution in [0.5, 0.6) is 11.5 Å². The van der Waals surface area contributed by atoms with Gasteiger partial charge in [-0.05, 0) is 53.0 Å². The van der Waals surface area contributed by atoms with Crippen LogP contribution in [0.4, 0.5) is 0 Å². The van der Waals surface area contributed by atoms with E-state index in [1.807, 2.05) is 0 Å².